The van der Waals surface area contributed by atoms with E-state index in [0.29, 0.717) is 6.07 Å². The maximum absolute atomic E-state index is 14.5. The summed E-state index contributed by atoms with van der Waals surface area (Å²) in [5.41, 5.74) is -3.09. The Kier molecular flexibility index (Phi) is 5.88. The zero-order valence-corrected chi connectivity index (χ0v) is 18.8. The van der Waals surface area contributed by atoms with Crippen molar-refractivity contribution in [1.29, 1.82) is 0 Å². The van der Waals surface area contributed by atoms with Gasteiger partial charge in [0.05, 0.1) is 31.8 Å². The molecule has 1 saturated carbocycles. The Morgan fingerprint density at radius 2 is 1.85 bits per heavy atom. The second-order valence-corrected chi connectivity index (χ2v) is 10.9. The topological polar surface area (TPSA) is 105 Å². The van der Waals surface area contributed by atoms with Gasteiger partial charge in [-0.05, 0) is 37.5 Å². The van der Waals surface area contributed by atoms with Gasteiger partial charge in [0.15, 0.2) is 9.84 Å². The van der Waals surface area contributed by atoms with Crippen molar-refractivity contribution in [3.63, 3.8) is 0 Å². The second kappa shape index (κ2) is 8.19. The standard InChI is InChI=1S/C21H17ClF4N2O5S/c22-11-7-14(23)17(27-9-11)20(5-6-20)19(31)28-10-12(8-15(28)18(29)30)34(32,33)16-4-2-1-3-13(16)21(24,25)26/h1-4,7,9,12,15H,5-6,8,10H2,(H,29,30)/t12-,15+/m1/s1. The average molecular weight is 521 g/mol. The van der Waals surface area contributed by atoms with Crippen LogP contribution in [0.15, 0.2) is 41.4 Å². The van der Waals surface area contributed by atoms with E-state index in [1.54, 1.807) is 0 Å². The molecule has 2 atom stereocenters. The minimum Gasteiger partial charge on any atom is -0.480 e. The lowest BCUT2D eigenvalue weighted by Gasteiger charge is -2.26. The molecule has 0 radical (unpaired) electrons. The van der Waals surface area contributed by atoms with Gasteiger partial charge in [0.1, 0.15) is 11.9 Å². The molecule has 0 bridgehead atoms. The van der Waals surface area contributed by atoms with Crippen LogP contribution in [0.1, 0.15) is 30.5 Å². The van der Waals surface area contributed by atoms with Gasteiger partial charge in [-0.2, -0.15) is 13.2 Å². The maximum Gasteiger partial charge on any atom is 0.417 e. The van der Waals surface area contributed by atoms with Crippen LogP contribution < -0.4 is 0 Å². The number of aliphatic carboxylic acids is 1. The monoisotopic (exact) mass is 520 g/mol. The third-order valence-electron chi connectivity index (χ3n) is 6.17. The Hall–Kier alpha value is -2.73. The fraction of sp³-hybridized carbons (Fsp3) is 0.381. The van der Waals surface area contributed by atoms with Crippen LogP contribution in [0.2, 0.25) is 5.02 Å². The molecule has 2 aliphatic rings. The number of likely N-dealkylation sites (tertiary alicyclic amines) is 1. The molecule has 1 aromatic heterocycles. The Balaban J connectivity index is 1.70. The Bertz CT molecular complexity index is 1280. The molecule has 0 unspecified atom stereocenters. The summed E-state index contributed by atoms with van der Waals surface area (Å²) in [7, 11) is -4.67. The lowest BCUT2D eigenvalue weighted by Crippen LogP contribution is -2.46. The molecule has 4 rings (SSSR count). The molecule has 1 aliphatic carbocycles. The largest absolute Gasteiger partial charge is 0.480 e. The Morgan fingerprint density at radius 3 is 2.41 bits per heavy atom. The van der Waals surface area contributed by atoms with Crippen LogP contribution in [0.3, 0.4) is 0 Å². The number of benzene rings is 1. The number of alkyl halides is 3. The molecule has 2 fully saturated rings. The molecule has 0 spiro atoms. The van der Waals surface area contributed by atoms with E-state index in [4.69, 9.17) is 11.6 Å². The Labute approximate surface area is 196 Å². The molecule has 2 aromatic rings. The van der Waals surface area contributed by atoms with Gasteiger partial charge in [0, 0.05) is 12.7 Å². The highest BCUT2D eigenvalue weighted by Crippen LogP contribution is 2.51. The molecule has 34 heavy (non-hydrogen) atoms. The van der Waals surface area contributed by atoms with Crippen molar-refractivity contribution in [2.45, 2.75) is 47.0 Å². The molecule has 2 heterocycles. The first-order valence-corrected chi connectivity index (χ1v) is 12.0. The predicted molar refractivity (Wildman–Crippen MR) is 110 cm³/mol. The number of hydrogen-bond donors (Lipinski definition) is 1. The first-order chi connectivity index (χ1) is 15.8. The number of sulfone groups is 1. The number of carboxylic acids is 1. The second-order valence-electron chi connectivity index (χ2n) is 8.27. The molecule has 1 aromatic carbocycles. The number of hydrogen-bond acceptors (Lipinski definition) is 5. The van der Waals surface area contributed by atoms with Gasteiger partial charge in [-0.15, -0.1) is 0 Å². The van der Waals surface area contributed by atoms with E-state index in [1.807, 2.05) is 0 Å². The lowest BCUT2D eigenvalue weighted by atomic mass is 9.98. The first-order valence-electron chi connectivity index (χ1n) is 10.0. The van der Waals surface area contributed by atoms with Gasteiger partial charge >= 0.3 is 12.1 Å². The molecule has 13 heteroatoms. The zero-order valence-electron chi connectivity index (χ0n) is 17.2. The third kappa shape index (κ3) is 4.02. The fourth-order valence-electron chi connectivity index (χ4n) is 4.33. The molecule has 182 valence electrons. The van der Waals surface area contributed by atoms with Crippen molar-refractivity contribution in [3.05, 3.63) is 58.6 Å². The summed E-state index contributed by atoms with van der Waals surface area (Å²) in [6.07, 6.45) is -4.14. The van der Waals surface area contributed by atoms with E-state index in [0.717, 1.165) is 35.4 Å². The van der Waals surface area contributed by atoms with Crippen molar-refractivity contribution < 1.29 is 40.7 Å². The SMILES string of the molecule is O=C(O)[C@@H]1C[C@@H](S(=O)(=O)c2ccccc2C(F)(F)F)CN1C(=O)C1(c2ncc(Cl)cc2F)CC1. The quantitative estimate of drug-likeness (QED) is 0.606. The van der Waals surface area contributed by atoms with E-state index < -0.39 is 73.8 Å². The number of rotatable bonds is 5. The number of aromatic nitrogens is 1. The number of amides is 1. The minimum absolute atomic E-state index is 0.0106. The summed E-state index contributed by atoms with van der Waals surface area (Å²) >= 11 is 5.71. The summed E-state index contributed by atoms with van der Waals surface area (Å²) < 4.78 is 81.0. The van der Waals surface area contributed by atoms with E-state index in [9.17, 15) is 40.7 Å². The molecule has 7 nitrogen and oxygen atoms in total. The highest BCUT2D eigenvalue weighted by atomic mass is 35.5. The smallest absolute Gasteiger partial charge is 0.417 e. The highest BCUT2D eigenvalue weighted by Gasteiger charge is 2.59. The van der Waals surface area contributed by atoms with Gasteiger partial charge < -0.3 is 10.0 Å². The maximum atomic E-state index is 14.5. The van der Waals surface area contributed by atoms with Crippen LogP contribution >= 0.6 is 11.6 Å². The number of carbonyl (C=O) groups is 2. The Morgan fingerprint density at radius 1 is 1.21 bits per heavy atom. The molecule has 1 N–H and O–H groups in total. The van der Waals surface area contributed by atoms with E-state index in [1.165, 1.54) is 0 Å². The summed E-state index contributed by atoms with van der Waals surface area (Å²) in [6.45, 7) is -0.652. The summed E-state index contributed by atoms with van der Waals surface area (Å²) in [4.78, 5) is 28.9. The number of carbonyl (C=O) groups excluding carboxylic acids is 1. The fourth-order valence-corrected chi connectivity index (χ4v) is 6.38. The third-order valence-corrected chi connectivity index (χ3v) is 8.56. The van der Waals surface area contributed by atoms with Gasteiger partial charge in [-0.25, -0.2) is 17.6 Å². The van der Waals surface area contributed by atoms with Gasteiger partial charge in [-0.3, -0.25) is 9.78 Å². The van der Waals surface area contributed by atoms with Gasteiger partial charge in [-0.1, -0.05) is 23.7 Å². The summed E-state index contributed by atoms with van der Waals surface area (Å²) in [5.74, 6) is -3.22. The lowest BCUT2D eigenvalue weighted by molar-refractivity contribution is -0.149. The van der Waals surface area contributed by atoms with Crippen molar-refractivity contribution in [1.82, 2.24) is 9.88 Å². The predicted octanol–water partition coefficient (Wildman–Crippen LogP) is 3.45. The van der Waals surface area contributed by atoms with Gasteiger partial charge in [0.2, 0.25) is 5.91 Å². The minimum atomic E-state index is -4.96. The number of pyridine rings is 1. The highest BCUT2D eigenvalue weighted by molar-refractivity contribution is 7.92. The van der Waals surface area contributed by atoms with Crippen LogP contribution in [0, 0.1) is 5.82 Å². The van der Waals surface area contributed by atoms with Crippen LogP contribution in [-0.2, 0) is 31.0 Å². The van der Waals surface area contributed by atoms with Crippen molar-refractivity contribution in [3.8, 4) is 0 Å². The van der Waals surface area contributed by atoms with Crippen molar-refractivity contribution in [2.24, 2.45) is 0 Å². The zero-order chi connectivity index (χ0) is 25.1. The molecular weight excluding hydrogens is 504 g/mol. The number of carboxylic acid groups (broad SMARTS) is 1. The van der Waals surface area contributed by atoms with Crippen molar-refractivity contribution >= 4 is 33.3 Å². The van der Waals surface area contributed by atoms with Gasteiger partial charge in [0.25, 0.3) is 0 Å². The molecular formula is C21H17ClF4N2O5S. The normalized spacial score (nSPS) is 22.0. The van der Waals surface area contributed by atoms with E-state index in [2.05, 4.69) is 4.98 Å². The summed E-state index contributed by atoms with van der Waals surface area (Å²) in [5, 5.41) is 8.03. The van der Waals surface area contributed by atoms with E-state index in [-0.39, 0.29) is 23.6 Å². The molecule has 1 saturated heterocycles. The van der Waals surface area contributed by atoms with E-state index >= 15 is 0 Å². The van der Waals surface area contributed by atoms with Crippen LogP contribution in [0.5, 0.6) is 0 Å². The molecule has 1 amide bonds. The van der Waals surface area contributed by atoms with Crippen LogP contribution in [-0.4, -0.2) is 53.1 Å². The van der Waals surface area contributed by atoms with Crippen molar-refractivity contribution in [2.75, 3.05) is 6.54 Å². The number of nitrogens with zero attached hydrogens (tertiary/aromatic N) is 2. The van der Waals surface area contributed by atoms with Crippen LogP contribution in [0.4, 0.5) is 17.6 Å². The average Bonchev–Trinajstić information content (AvgIpc) is 3.41. The number of halogens is 5. The molecule has 1 aliphatic heterocycles. The van der Waals surface area contributed by atoms with Crippen LogP contribution in [0.25, 0.3) is 0 Å². The summed E-state index contributed by atoms with van der Waals surface area (Å²) in [6, 6.07) is 2.93. The first kappa shape index (κ1) is 24.4.